The molecule has 0 unspecified atom stereocenters. The zero-order chi connectivity index (χ0) is 20.1. The Hall–Kier alpha value is -3.13. The Morgan fingerprint density at radius 1 is 1.17 bits per heavy atom. The van der Waals surface area contributed by atoms with Crippen LogP contribution >= 0.6 is 15.9 Å². The average Bonchev–Trinajstić information content (AvgIpc) is 3.34. The molecule has 0 radical (unpaired) electrons. The summed E-state index contributed by atoms with van der Waals surface area (Å²) in [5.74, 6) is 2.36. The summed E-state index contributed by atoms with van der Waals surface area (Å²) in [5, 5.41) is 17.7. The van der Waals surface area contributed by atoms with Gasteiger partial charge < -0.3 is 9.15 Å². The Kier molecular flexibility index (Phi) is 4.16. The number of rotatable bonds is 3. The van der Waals surface area contributed by atoms with Crippen LogP contribution in [0.1, 0.15) is 41.3 Å². The standard InChI is InChI=1S/C21H16BrN3O4/c1-12-2-8-20(28-12)17-11-18-16-10-14(22)5-9-19(16)29-21(24(18)23-17)13-3-6-15(7-4-13)25(26)27/h2-10,18,21H,11H2,1H3/t18-,21+/m1/s1. The largest absolute Gasteiger partial charge is 0.464 e. The average molecular weight is 454 g/mol. The van der Waals surface area contributed by atoms with Crippen molar-refractivity contribution in [3.63, 3.8) is 0 Å². The van der Waals surface area contributed by atoms with Gasteiger partial charge in [-0.1, -0.05) is 15.9 Å². The van der Waals surface area contributed by atoms with Crippen LogP contribution < -0.4 is 4.74 Å². The van der Waals surface area contributed by atoms with Crippen LogP contribution in [0.2, 0.25) is 0 Å². The molecule has 0 aliphatic carbocycles. The van der Waals surface area contributed by atoms with Crippen molar-refractivity contribution in [2.24, 2.45) is 5.10 Å². The normalized spacial score (nSPS) is 19.9. The minimum Gasteiger partial charge on any atom is -0.464 e. The highest BCUT2D eigenvalue weighted by molar-refractivity contribution is 9.10. The molecule has 7 nitrogen and oxygen atoms in total. The SMILES string of the molecule is Cc1ccc(C2=NN3[C@H](C2)c2cc(Br)ccc2O[C@H]3c2ccc([N+](=O)[O-])cc2)o1. The van der Waals surface area contributed by atoms with Gasteiger partial charge in [0.05, 0.1) is 11.0 Å². The van der Waals surface area contributed by atoms with Crippen LogP contribution in [-0.2, 0) is 0 Å². The number of benzene rings is 2. The molecular weight excluding hydrogens is 438 g/mol. The molecule has 8 heteroatoms. The smallest absolute Gasteiger partial charge is 0.269 e. The lowest BCUT2D eigenvalue weighted by Gasteiger charge is -2.38. The molecule has 146 valence electrons. The van der Waals surface area contributed by atoms with E-state index in [0.29, 0.717) is 6.42 Å². The highest BCUT2D eigenvalue weighted by Gasteiger charge is 2.41. The second kappa shape index (κ2) is 6.73. The Morgan fingerprint density at radius 2 is 1.97 bits per heavy atom. The molecule has 3 heterocycles. The molecule has 2 aliphatic rings. The Balaban J connectivity index is 1.58. The van der Waals surface area contributed by atoms with Gasteiger partial charge in [-0.2, -0.15) is 5.10 Å². The molecule has 2 aliphatic heterocycles. The number of aryl methyl sites for hydroxylation is 1. The van der Waals surface area contributed by atoms with Crippen LogP contribution in [0.5, 0.6) is 5.75 Å². The summed E-state index contributed by atoms with van der Waals surface area (Å²) in [5.41, 5.74) is 2.74. The number of furan rings is 1. The molecule has 0 amide bonds. The Bertz CT molecular complexity index is 1140. The first-order valence-electron chi connectivity index (χ1n) is 9.13. The lowest BCUT2D eigenvalue weighted by Crippen LogP contribution is -2.33. The number of hydrazone groups is 1. The van der Waals surface area contributed by atoms with E-state index in [1.807, 2.05) is 42.3 Å². The van der Waals surface area contributed by atoms with Gasteiger partial charge in [0, 0.05) is 34.2 Å². The maximum Gasteiger partial charge on any atom is 0.269 e. The molecule has 29 heavy (non-hydrogen) atoms. The molecule has 0 N–H and O–H groups in total. The second-order valence-corrected chi connectivity index (χ2v) is 7.97. The molecule has 0 saturated heterocycles. The zero-order valence-corrected chi connectivity index (χ0v) is 17.0. The van der Waals surface area contributed by atoms with E-state index in [1.54, 1.807) is 12.1 Å². The molecular formula is C21H16BrN3O4. The van der Waals surface area contributed by atoms with Crippen LogP contribution in [-0.4, -0.2) is 15.6 Å². The first-order chi connectivity index (χ1) is 14.0. The van der Waals surface area contributed by atoms with E-state index in [-0.39, 0.29) is 11.7 Å². The van der Waals surface area contributed by atoms with E-state index in [0.717, 1.165) is 38.6 Å². The van der Waals surface area contributed by atoms with Gasteiger partial charge in [0.25, 0.3) is 5.69 Å². The third-order valence-electron chi connectivity index (χ3n) is 5.17. The molecule has 0 bridgehead atoms. The topological polar surface area (TPSA) is 81.1 Å². The summed E-state index contributed by atoms with van der Waals surface area (Å²) in [7, 11) is 0. The van der Waals surface area contributed by atoms with E-state index in [1.165, 1.54) is 12.1 Å². The number of nitro groups is 1. The highest BCUT2D eigenvalue weighted by atomic mass is 79.9. The fourth-order valence-electron chi connectivity index (χ4n) is 3.78. The zero-order valence-electron chi connectivity index (χ0n) is 15.4. The summed E-state index contributed by atoms with van der Waals surface area (Å²) in [4.78, 5) is 10.6. The fraction of sp³-hybridized carbons (Fsp3) is 0.190. The second-order valence-electron chi connectivity index (χ2n) is 7.06. The number of fused-ring (bicyclic) bond motifs is 3. The Morgan fingerprint density at radius 3 is 2.66 bits per heavy atom. The number of hydrogen-bond acceptors (Lipinski definition) is 6. The van der Waals surface area contributed by atoms with E-state index < -0.39 is 11.2 Å². The van der Waals surface area contributed by atoms with Gasteiger partial charge in [0.2, 0.25) is 6.23 Å². The molecule has 3 aromatic rings. The van der Waals surface area contributed by atoms with Crippen LogP contribution in [0.15, 0.2) is 68.6 Å². The number of halogens is 1. The minimum atomic E-state index is -0.483. The lowest BCUT2D eigenvalue weighted by atomic mass is 9.97. The maximum atomic E-state index is 11.0. The van der Waals surface area contributed by atoms with Crippen molar-refractivity contribution in [3.8, 4) is 5.75 Å². The van der Waals surface area contributed by atoms with Crippen molar-refractivity contribution >= 4 is 27.3 Å². The first kappa shape index (κ1) is 17.9. The monoisotopic (exact) mass is 453 g/mol. The number of ether oxygens (including phenoxy) is 1. The molecule has 2 atom stereocenters. The molecule has 0 fully saturated rings. The highest BCUT2D eigenvalue weighted by Crippen LogP contribution is 2.48. The number of nitro benzene ring substituents is 1. The predicted molar refractivity (Wildman–Crippen MR) is 110 cm³/mol. The molecule has 0 saturated carbocycles. The summed E-state index contributed by atoms with van der Waals surface area (Å²) >= 11 is 3.54. The molecule has 2 aromatic carbocycles. The maximum absolute atomic E-state index is 11.0. The van der Waals surface area contributed by atoms with Gasteiger partial charge in [0.15, 0.2) is 0 Å². The summed E-state index contributed by atoms with van der Waals surface area (Å²) in [6.07, 6.45) is 0.200. The van der Waals surface area contributed by atoms with Crippen molar-refractivity contribution in [2.45, 2.75) is 25.6 Å². The van der Waals surface area contributed by atoms with Crippen LogP contribution in [0.4, 0.5) is 5.69 Å². The van der Waals surface area contributed by atoms with E-state index in [4.69, 9.17) is 14.3 Å². The van der Waals surface area contributed by atoms with Crippen molar-refractivity contribution in [1.82, 2.24) is 5.01 Å². The van der Waals surface area contributed by atoms with Crippen molar-refractivity contribution in [3.05, 3.63) is 91.8 Å². The summed E-state index contributed by atoms with van der Waals surface area (Å²) in [6, 6.07) is 16.2. The van der Waals surface area contributed by atoms with Crippen molar-refractivity contribution in [1.29, 1.82) is 0 Å². The number of non-ortho nitro benzene ring substituents is 1. The van der Waals surface area contributed by atoms with E-state index in [9.17, 15) is 10.1 Å². The van der Waals surface area contributed by atoms with Gasteiger partial charge in [0.1, 0.15) is 23.0 Å². The molecule has 5 rings (SSSR count). The molecule has 0 spiro atoms. The molecule has 1 aromatic heterocycles. The fourth-order valence-corrected chi connectivity index (χ4v) is 4.16. The van der Waals surface area contributed by atoms with Crippen LogP contribution in [0.3, 0.4) is 0 Å². The van der Waals surface area contributed by atoms with E-state index >= 15 is 0 Å². The summed E-state index contributed by atoms with van der Waals surface area (Å²) in [6.45, 7) is 1.90. The van der Waals surface area contributed by atoms with Crippen LogP contribution in [0, 0.1) is 17.0 Å². The lowest BCUT2D eigenvalue weighted by molar-refractivity contribution is -0.384. The van der Waals surface area contributed by atoms with Crippen LogP contribution in [0.25, 0.3) is 0 Å². The quantitative estimate of drug-likeness (QED) is 0.386. The first-order valence-corrected chi connectivity index (χ1v) is 9.92. The minimum absolute atomic E-state index is 0.0168. The van der Waals surface area contributed by atoms with E-state index in [2.05, 4.69) is 15.9 Å². The Labute approximate surface area is 174 Å². The third-order valence-corrected chi connectivity index (χ3v) is 5.66. The van der Waals surface area contributed by atoms with Gasteiger partial charge in [-0.25, -0.2) is 5.01 Å². The van der Waals surface area contributed by atoms with Gasteiger partial charge in [-0.05, 0) is 49.4 Å². The van der Waals surface area contributed by atoms with Crippen molar-refractivity contribution in [2.75, 3.05) is 0 Å². The number of nitrogens with zero attached hydrogens (tertiary/aromatic N) is 3. The van der Waals surface area contributed by atoms with Crippen molar-refractivity contribution < 1.29 is 14.1 Å². The summed E-state index contributed by atoms with van der Waals surface area (Å²) < 4.78 is 13.0. The predicted octanol–water partition coefficient (Wildman–Crippen LogP) is 5.50. The van der Waals surface area contributed by atoms with Gasteiger partial charge in [-0.3, -0.25) is 10.1 Å². The number of hydrogen-bond donors (Lipinski definition) is 0. The van der Waals surface area contributed by atoms with Gasteiger partial charge in [-0.15, -0.1) is 0 Å². The third kappa shape index (κ3) is 3.09. The van der Waals surface area contributed by atoms with Gasteiger partial charge >= 0.3 is 0 Å².